The number of ether oxygens (including phenoxy) is 1. The zero-order valence-electron chi connectivity index (χ0n) is 14.2. The van der Waals surface area contributed by atoms with Crippen molar-refractivity contribution in [2.45, 2.75) is 38.8 Å². The Morgan fingerprint density at radius 3 is 2.83 bits per heavy atom. The summed E-state index contributed by atoms with van der Waals surface area (Å²) in [5.74, 6) is 0.470. The maximum atomic E-state index is 12.7. The quantitative estimate of drug-likeness (QED) is 0.871. The Bertz CT molecular complexity index is 711. The number of pyridine rings is 1. The van der Waals surface area contributed by atoms with Gasteiger partial charge in [0, 0.05) is 30.8 Å². The van der Waals surface area contributed by atoms with Crippen LogP contribution in [0.15, 0.2) is 36.8 Å². The van der Waals surface area contributed by atoms with Gasteiger partial charge in [-0.3, -0.25) is 4.79 Å². The fourth-order valence-corrected chi connectivity index (χ4v) is 3.06. The topological polar surface area (TPSA) is 95.1 Å². The van der Waals surface area contributed by atoms with Crippen LogP contribution < -0.4 is 11.1 Å². The number of hydrogen-bond donors (Lipinski definition) is 2. The second-order valence-corrected chi connectivity index (χ2v) is 6.65. The molecule has 0 bridgehead atoms. The Morgan fingerprint density at radius 2 is 2.29 bits per heavy atom. The molecule has 1 aliphatic carbocycles. The molecule has 128 valence electrons. The molecule has 1 amide bonds. The molecule has 2 atom stereocenters. The van der Waals surface area contributed by atoms with E-state index in [1.54, 1.807) is 35.4 Å². The molecule has 1 aliphatic rings. The molecule has 2 aromatic rings. The zero-order chi connectivity index (χ0) is 17.4. The highest BCUT2D eigenvalue weighted by molar-refractivity contribution is 5.99. The van der Waals surface area contributed by atoms with E-state index in [0.717, 1.165) is 0 Å². The minimum atomic E-state index is -0.951. The number of nitrogens with two attached hydrogens (primary N) is 1. The van der Waals surface area contributed by atoms with Crippen LogP contribution in [0.3, 0.4) is 0 Å². The van der Waals surface area contributed by atoms with Gasteiger partial charge in [0.2, 0.25) is 5.91 Å². The predicted octanol–water partition coefficient (Wildman–Crippen LogP) is 1.74. The monoisotopic (exact) mass is 329 g/mol. The summed E-state index contributed by atoms with van der Waals surface area (Å²) in [6.45, 7) is 6.50. The number of carbonyl (C=O) groups is 1. The van der Waals surface area contributed by atoms with Gasteiger partial charge in [0.25, 0.3) is 0 Å². The van der Waals surface area contributed by atoms with Crippen molar-refractivity contribution in [1.29, 1.82) is 0 Å². The number of aromatic nitrogens is 3. The predicted molar refractivity (Wildman–Crippen MR) is 90.7 cm³/mol. The van der Waals surface area contributed by atoms with E-state index in [1.165, 1.54) is 0 Å². The normalized spacial score (nSPS) is 25.1. The average Bonchev–Trinajstić information content (AvgIpc) is 3.09. The Hall–Kier alpha value is -2.25. The largest absolute Gasteiger partial charge is 0.378 e. The molecule has 0 saturated heterocycles. The summed E-state index contributed by atoms with van der Waals surface area (Å²) in [5.41, 5.74) is 5.61. The second-order valence-electron chi connectivity index (χ2n) is 6.65. The highest BCUT2D eigenvalue weighted by Gasteiger charge is 2.62. The first kappa shape index (κ1) is 16.6. The SMILES string of the molecule is CCOC1CC(N)(C(=O)Nc2ccc(-n3cccn3)nc2)C1(C)C. The summed E-state index contributed by atoms with van der Waals surface area (Å²) in [4.78, 5) is 17.0. The van der Waals surface area contributed by atoms with E-state index in [1.807, 2.05) is 26.8 Å². The van der Waals surface area contributed by atoms with Crippen LogP contribution >= 0.6 is 0 Å². The Labute approximate surface area is 141 Å². The molecule has 3 N–H and O–H groups in total. The van der Waals surface area contributed by atoms with Crippen LogP contribution in [-0.4, -0.2) is 38.9 Å². The lowest BCUT2D eigenvalue weighted by Crippen LogP contribution is -2.74. The van der Waals surface area contributed by atoms with Gasteiger partial charge in [-0.25, -0.2) is 9.67 Å². The molecule has 0 spiro atoms. The van der Waals surface area contributed by atoms with Gasteiger partial charge < -0.3 is 15.8 Å². The van der Waals surface area contributed by atoms with Gasteiger partial charge in [-0.1, -0.05) is 13.8 Å². The first-order chi connectivity index (χ1) is 11.4. The number of nitrogens with one attached hydrogen (secondary N) is 1. The van der Waals surface area contributed by atoms with E-state index in [9.17, 15) is 4.79 Å². The first-order valence-corrected chi connectivity index (χ1v) is 8.06. The second kappa shape index (κ2) is 5.99. The highest BCUT2D eigenvalue weighted by atomic mass is 16.5. The van der Waals surface area contributed by atoms with Crippen molar-refractivity contribution >= 4 is 11.6 Å². The van der Waals surface area contributed by atoms with Crippen LogP contribution in [0.25, 0.3) is 5.82 Å². The van der Waals surface area contributed by atoms with Gasteiger partial charge >= 0.3 is 0 Å². The molecule has 24 heavy (non-hydrogen) atoms. The van der Waals surface area contributed by atoms with Gasteiger partial charge in [-0.15, -0.1) is 0 Å². The van der Waals surface area contributed by atoms with Crippen LogP contribution in [0.1, 0.15) is 27.2 Å². The van der Waals surface area contributed by atoms with Crippen molar-refractivity contribution in [2.24, 2.45) is 11.1 Å². The minimum Gasteiger partial charge on any atom is -0.378 e. The molecular formula is C17H23N5O2. The third kappa shape index (κ3) is 2.59. The van der Waals surface area contributed by atoms with Crippen molar-refractivity contribution in [3.63, 3.8) is 0 Å². The summed E-state index contributed by atoms with van der Waals surface area (Å²) in [5, 5.41) is 6.98. The van der Waals surface area contributed by atoms with E-state index in [-0.39, 0.29) is 12.0 Å². The molecule has 3 rings (SSSR count). The Balaban J connectivity index is 1.69. The lowest BCUT2D eigenvalue weighted by atomic mass is 9.54. The molecule has 0 aromatic carbocycles. The summed E-state index contributed by atoms with van der Waals surface area (Å²) >= 11 is 0. The standard InChI is InChI=1S/C17H23N5O2/c1-4-24-13-10-17(18,16(13,2)3)15(23)21-12-6-7-14(19-11-12)22-9-5-8-20-22/h5-9,11,13H,4,10,18H2,1-3H3,(H,21,23). The lowest BCUT2D eigenvalue weighted by Gasteiger charge is -2.57. The van der Waals surface area contributed by atoms with Gasteiger partial charge in [0.15, 0.2) is 5.82 Å². The van der Waals surface area contributed by atoms with Crippen molar-refractivity contribution in [3.8, 4) is 5.82 Å². The van der Waals surface area contributed by atoms with Crippen LogP contribution in [-0.2, 0) is 9.53 Å². The summed E-state index contributed by atoms with van der Waals surface area (Å²) in [6.07, 6.45) is 5.60. The van der Waals surface area contributed by atoms with Crippen LogP contribution in [0.5, 0.6) is 0 Å². The molecule has 2 heterocycles. The third-order valence-electron chi connectivity index (χ3n) is 4.98. The number of rotatable bonds is 5. The molecular weight excluding hydrogens is 306 g/mol. The van der Waals surface area contributed by atoms with Crippen LogP contribution in [0.4, 0.5) is 5.69 Å². The smallest absolute Gasteiger partial charge is 0.245 e. The minimum absolute atomic E-state index is 0.00133. The van der Waals surface area contributed by atoms with E-state index >= 15 is 0 Å². The molecule has 2 unspecified atom stereocenters. The van der Waals surface area contributed by atoms with Gasteiger partial charge in [-0.05, 0) is 25.1 Å². The van der Waals surface area contributed by atoms with E-state index < -0.39 is 11.0 Å². The molecule has 7 heteroatoms. The Morgan fingerprint density at radius 1 is 1.50 bits per heavy atom. The number of amides is 1. The Kier molecular flexibility index (Phi) is 4.15. The zero-order valence-corrected chi connectivity index (χ0v) is 14.2. The van der Waals surface area contributed by atoms with Gasteiger partial charge in [0.1, 0.15) is 5.54 Å². The van der Waals surface area contributed by atoms with Crippen molar-refractivity contribution < 1.29 is 9.53 Å². The average molecular weight is 329 g/mol. The fourth-order valence-electron chi connectivity index (χ4n) is 3.06. The molecule has 2 aromatic heterocycles. The molecule has 0 radical (unpaired) electrons. The van der Waals surface area contributed by atoms with Crippen molar-refractivity contribution in [3.05, 3.63) is 36.8 Å². The van der Waals surface area contributed by atoms with Gasteiger partial charge in [0.05, 0.1) is 18.0 Å². The number of nitrogens with zero attached hydrogens (tertiary/aromatic N) is 3. The third-order valence-corrected chi connectivity index (χ3v) is 4.98. The van der Waals surface area contributed by atoms with Gasteiger partial charge in [-0.2, -0.15) is 5.10 Å². The van der Waals surface area contributed by atoms with Crippen LogP contribution in [0.2, 0.25) is 0 Å². The lowest BCUT2D eigenvalue weighted by molar-refractivity contribution is -0.166. The molecule has 7 nitrogen and oxygen atoms in total. The fraction of sp³-hybridized carbons (Fsp3) is 0.471. The number of anilines is 1. The van der Waals surface area contributed by atoms with Crippen molar-refractivity contribution in [1.82, 2.24) is 14.8 Å². The maximum absolute atomic E-state index is 12.7. The first-order valence-electron chi connectivity index (χ1n) is 8.06. The molecule has 1 fully saturated rings. The summed E-state index contributed by atoms with van der Waals surface area (Å²) < 4.78 is 7.31. The number of carbonyl (C=O) groups excluding carboxylic acids is 1. The van der Waals surface area contributed by atoms with E-state index in [4.69, 9.17) is 10.5 Å². The van der Waals surface area contributed by atoms with E-state index in [0.29, 0.717) is 24.5 Å². The maximum Gasteiger partial charge on any atom is 0.245 e. The molecule has 0 aliphatic heterocycles. The molecule has 1 saturated carbocycles. The number of hydrogen-bond acceptors (Lipinski definition) is 5. The summed E-state index contributed by atoms with van der Waals surface area (Å²) in [6, 6.07) is 5.40. The summed E-state index contributed by atoms with van der Waals surface area (Å²) in [7, 11) is 0. The van der Waals surface area contributed by atoms with Crippen molar-refractivity contribution in [2.75, 3.05) is 11.9 Å². The van der Waals surface area contributed by atoms with E-state index in [2.05, 4.69) is 15.4 Å². The van der Waals surface area contributed by atoms with Crippen LogP contribution in [0, 0.1) is 5.41 Å². The highest BCUT2D eigenvalue weighted by Crippen LogP contribution is 2.50.